The summed E-state index contributed by atoms with van der Waals surface area (Å²) in [6.45, 7) is 3.42. The Labute approximate surface area is 128 Å². The van der Waals surface area contributed by atoms with Gasteiger partial charge >= 0.3 is 5.97 Å². The molecule has 2 rings (SSSR count). The van der Waals surface area contributed by atoms with Gasteiger partial charge in [-0.3, -0.25) is 14.5 Å². The van der Waals surface area contributed by atoms with Crippen LogP contribution in [0.5, 0.6) is 0 Å². The van der Waals surface area contributed by atoms with Crippen molar-refractivity contribution < 1.29 is 24.6 Å². The lowest BCUT2D eigenvalue weighted by molar-refractivity contribution is -0.157. The highest BCUT2D eigenvalue weighted by Gasteiger charge is 2.54. The minimum atomic E-state index is -1.23. The second-order valence-corrected chi connectivity index (χ2v) is 8.09. The third kappa shape index (κ3) is 2.59. The van der Waals surface area contributed by atoms with Crippen molar-refractivity contribution in [1.82, 2.24) is 4.90 Å². The summed E-state index contributed by atoms with van der Waals surface area (Å²) < 4.78 is 0.153. The average molecular weight is 335 g/mol. The molecule has 2 N–H and O–H groups in total. The minimum Gasteiger partial charge on any atom is -0.477 e. The highest BCUT2D eigenvalue weighted by molar-refractivity contribution is 8.57. The smallest absolute Gasteiger partial charge is 0.354 e. The number of thioether (sulfide) groups is 3. The topological polar surface area (TPSA) is 94.9 Å². The number of rotatable bonds is 5. The van der Waals surface area contributed by atoms with E-state index in [4.69, 9.17) is 0 Å². The predicted octanol–water partition coefficient (Wildman–Crippen LogP) is 1.76. The Morgan fingerprint density at radius 1 is 1.45 bits per heavy atom. The molecule has 0 aromatic carbocycles. The van der Waals surface area contributed by atoms with E-state index in [0.717, 1.165) is 23.5 Å². The first-order valence-electron chi connectivity index (χ1n) is 5.88. The van der Waals surface area contributed by atoms with Gasteiger partial charge in [0.1, 0.15) is 0 Å². The zero-order chi connectivity index (χ0) is 15.0. The van der Waals surface area contributed by atoms with Crippen LogP contribution < -0.4 is 0 Å². The molecule has 3 atom stereocenters. The molecule has 2 aliphatic rings. The molecule has 0 unspecified atom stereocenters. The van der Waals surface area contributed by atoms with Crippen LogP contribution in [0.15, 0.2) is 9.93 Å². The summed E-state index contributed by atoms with van der Waals surface area (Å²) >= 11 is 3.07. The van der Waals surface area contributed by atoms with Gasteiger partial charge in [0, 0.05) is 0 Å². The van der Waals surface area contributed by atoms with Gasteiger partial charge in [-0.05, 0) is 36.2 Å². The lowest BCUT2D eigenvalue weighted by Gasteiger charge is -2.48. The number of nitrogens with zero attached hydrogens (tertiary/aromatic N) is 1. The largest absolute Gasteiger partial charge is 0.477 e. The molecule has 2 heterocycles. The van der Waals surface area contributed by atoms with Crippen LogP contribution in [0.1, 0.15) is 13.8 Å². The van der Waals surface area contributed by atoms with Gasteiger partial charge in [-0.1, -0.05) is 6.92 Å². The van der Waals surface area contributed by atoms with E-state index in [1.165, 1.54) is 23.6 Å². The Morgan fingerprint density at radius 3 is 2.45 bits per heavy atom. The van der Waals surface area contributed by atoms with Crippen molar-refractivity contribution in [3.63, 3.8) is 0 Å². The highest BCUT2D eigenvalue weighted by Crippen LogP contribution is 2.51. The van der Waals surface area contributed by atoms with E-state index in [9.17, 15) is 24.6 Å². The number of carbonyl (C=O) groups is 3. The van der Waals surface area contributed by atoms with Crippen molar-refractivity contribution in [3.8, 4) is 0 Å². The first-order valence-corrected chi connectivity index (χ1v) is 8.56. The van der Waals surface area contributed by atoms with E-state index in [-0.39, 0.29) is 10.1 Å². The molecular weight excluding hydrogens is 322 g/mol. The molecule has 0 saturated carbocycles. The number of carboxylic acids is 1. The average Bonchev–Trinajstić information content (AvgIpc) is 2.31. The fourth-order valence-corrected chi connectivity index (χ4v) is 4.90. The maximum Gasteiger partial charge on any atom is 0.354 e. The lowest BCUT2D eigenvalue weighted by Crippen LogP contribution is -2.63. The van der Waals surface area contributed by atoms with Crippen LogP contribution in [0.25, 0.3) is 0 Å². The van der Waals surface area contributed by atoms with E-state index in [2.05, 4.69) is 0 Å². The number of aliphatic hydroxyl groups is 1. The van der Waals surface area contributed by atoms with Gasteiger partial charge in [0.05, 0.1) is 21.6 Å². The molecule has 2 aliphatic heterocycles. The van der Waals surface area contributed by atoms with Gasteiger partial charge in [0.15, 0.2) is 5.70 Å². The fraction of sp³-hybridized carbons (Fsp3) is 0.545. The molecule has 110 valence electrons. The summed E-state index contributed by atoms with van der Waals surface area (Å²) in [4.78, 5) is 35.7. The number of carboxylic acid groups (broad SMARTS) is 1. The van der Waals surface area contributed by atoms with Gasteiger partial charge in [0.2, 0.25) is 5.91 Å². The molecular formula is C11H13NO5S3. The molecule has 0 aliphatic carbocycles. The maximum atomic E-state index is 12.1. The number of hydrogen-bond acceptors (Lipinski definition) is 7. The van der Waals surface area contributed by atoms with Gasteiger partial charge in [-0.2, -0.15) is 0 Å². The van der Waals surface area contributed by atoms with Crippen LogP contribution in [0, 0.1) is 5.92 Å². The van der Waals surface area contributed by atoms with Crippen molar-refractivity contribution in [2.24, 2.45) is 5.92 Å². The molecule has 0 bridgehead atoms. The van der Waals surface area contributed by atoms with E-state index in [1.54, 1.807) is 0 Å². The van der Waals surface area contributed by atoms with Crippen molar-refractivity contribution in [2.45, 2.75) is 25.3 Å². The maximum absolute atomic E-state index is 12.1. The Morgan fingerprint density at radius 2 is 2.05 bits per heavy atom. The molecule has 0 radical (unpaired) electrons. The summed E-state index contributed by atoms with van der Waals surface area (Å²) in [7, 11) is 0. The summed E-state index contributed by atoms with van der Waals surface area (Å²) in [6, 6.07) is 0. The molecule has 0 aromatic rings. The van der Waals surface area contributed by atoms with Crippen LogP contribution in [-0.4, -0.2) is 48.7 Å². The van der Waals surface area contributed by atoms with E-state index in [0.29, 0.717) is 9.99 Å². The summed E-state index contributed by atoms with van der Waals surface area (Å²) in [6.07, 6.45) is -0.828. The number of likely N-dealkylation sites (tertiary alicyclic amines) is 1. The van der Waals surface area contributed by atoms with Crippen LogP contribution in [0.2, 0.25) is 0 Å². The fourth-order valence-electron chi connectivity index (χ4n) is 2.06. The summed E-state index contributed by atoms with van der Waals surface area (Å²) in [5, 5.41) is 18.5. The molecule has 9 heteroatoms. The van der Waals surface area contributed by atoms with Gasteiger partial charge in [-0.15, -0.1) is 11.8 Å². The monoisotopic (exact) mass is 335 g/mol. The van der Waals surface area contributed by atoms with Gasteiger partial charge in [-0.25, -0.2) is 4.79 Å². The summed E-state index contributed by atoms with van der Waals surface area (Å²) in [5.74, 6) is -1.54. The second-order valence-electron chi connectivity index (χ2n) is 4.22. The highest BCUT2D eigenvalue weighted by atomic mass is 32.3. The standard InChI is InChI=1S/C11H13NO5S3/c1-3-18-8-5(4(2)13)7(14)12(8)6(9(15)16)10-19-11(17)20-10/h4-5,8,13H,3H2,1-2H3,(H,15,16)/t4-,5+,8-/m1/s1. The first kappa shape index (κ1) is 15.7. The van der Waals surface area contributed by atoms with Crippen LogP contribution in [-0.2, 0) is 9.59 Å². The Balaban J connectivity index is 2.30. The van der Waals surface area contributed by atoms with Crippen molar-refractivity contribution in [2.75, 3.05) is 5.75 Å². The number of β-lactam (4-membered cyclic amide) rings is 1. The molecule has 0 spiro atoms. The number of hydrogen-bond donors (Lipinski definition) is 2. The first-order chi connectivity index (χ1) is 9.38. The van der Waals surface area contributed by atoms with E-state index >= 15 is 0 Å². The minimum absolute atomic E-state index is 0.146. The lowest BCUT2D eigenvalue weighted by atomic mass is 9.92. The molecule has 1 amide bonds. The van der Waals surface area contributed by atoms with Crippen molar-refractivity contribution in [3.05, 3.63) is 9.93 Å². The van der Waals surface area contributed by atoms with Gasteiger partial charge in [0.25, 0.3) is 4.45 Å². The second kappa shape index (κ2) is 6.00. The summed E-state index contributed by atoms with van der Waals surface area (Å²) in [5.41, 5.74) is -0.146. The number of amides is 1. The third-order valence-corrected chi connectivity index (χ3v) is 6.20. The Kier molecular flexibility index (Phi) is 4.73. The quantitative estimate of drug-likeness (QED) is 0.580. The Bertz CT molecular complexity index is 494. The number of aliphatic carboxylic acids is 1. The normalized spacial score (nSPS) is 26.9. The van der Waals surface area contributed by atoms with Crippen LogP contribution in [0.4, 0.5) is 4.79 Å². The zero-order valence-corrected chi connectivity index (χ0v) is 13.2. The molecule has 20 heavy (non-hydrogen) atoms. The third-order valence-electron chi connectivity index (χ3n) is 2.93. The molecule has 2 fully saturated rings. The van der Waals surface area contributed by atoms with Crippen molar-refractivity contribution >= 4 is 51.6 Å². The predicted molar refractivity (Wildman–Crippen MR) is 79.2 cm³/mol. The molecule has 2 saturated heterocycles. The zero-order valence-electron chi connectivity index (χ0n) is 10.7. The SMILES string of the molecule is CCS[C@@H]1[C@@H]([C@@H](C)O)C(=O)N1C(C(=O)O)=C1SC(=O)S1. The van der Waals surface area contributed by atoms with E-state index in [1.807, 2.05) is 6.92 Å². The van der Waals surface area contributed by atoms with Gasteiger partial charge < -0.3 is 10.2 Å². The van der Waals surface area contributed by atoms with Crippen LogP contribution >= 0.6 is 35.3 Å². The molecule has 6 nitrogen and oxygen atoms in total. The molecule has 0 aromatic heterocycles. The number of carbonyl (C=O) groups excluding carboxylic acids is 2. The van der Waals surface area contributed by atoms with E-state index < -0.39 is 29.3 Å². The Hall–Kier alpha value is -0.640. The van der Waals surface area contributed by atoms with Crippen molar-refractivity contribution in [1.29, 1.82) is 0 Å². The van der Waals surface area contributed by atoms with Crippen LogP contribution in [0.3, 0.4) is 0 Å². The number of aliphatic hydroxyl groups excluding tert-OH is 1.